The van der Waals surface area contributed by atoms with E-state index in [9.17, 15) is 5.11 Å². The molecular formula is C17H20O2S. The number of hydrogen-bond donors (Lipinski definition) is 1. The van der Waals surface area contributed by atoms with Gasteiger partial charge in [-0.2, -0.15) is 0 Å². The minimum atomic E-state index is -0.555. The molecule has 1 N–H and O–H groups in total. The van der Waals surface area contributed by atoms with E-state index in [0.717, 1.165) is 16.2 Å². The molecule has 2 nitrogen and oxygen atoms in total. The molecular weight excluding hydrogens is 268 g/mol. The van der Waals surface area contributed by atoms with Crippen molar-refractivity contribution < 1.29 is 9.84 Å². The molecule has 0 bridgehead atoms. The molecule has 0 aliphatic rings. The van der Waals surface area contributed by atoms with Crippen LogP contribution >= 0.6 is 11.8 Å². The van der Waals surface area contributed by atoms with Gasteiger partial charge in [-0.25, -0.2) is 0 Å². The zero-order chi connectivity index (χ0) is 14.7. The highest BCUT2D eigenvalue weighted by Crippen LogP contribution is 2.38. The number of aliphatic hydroxyl groups excluding tert-OH is 1. The Morgan fingerprint density at radius 3 is 2.45 bits per heavy atom. The van der Waals surface area contributed by atoms with E-state index in [-0.39, 0.29) is 0 Å². The summed E-state index contributed by atoms with van der Waals surface area (Å²) in [6, 6.07) is 12.3. The van der Waals surface area contributed by atoms with E-state index in [4.69, 9.17) is 4.74 Å². The van der Waals surface area contributed by atoms with Gasteiger partial charge in [0, 0.05) is 15.4 Å². The van der Waals surface area contributed by atoms with E-state index in [1.807, 2.05) is 18.2 Å². The number of ether oxygens (including phenoxy) is 1. The summed E-state index contributed by atoms with van der Waals surface area (Å²) in [7, 11) is 1.63. The summed E-state index contributed by atoms with van der Waals surface area (Å²) in [6.07, 6.45) is -0.555. The molecule has 0 aliphatic heterocycles. The number of hydrogen-bond acceptors (Lipinski definition) is 3. The molecule has 0 spiro atoms. The highest BCUT2D eigenvalue weighted by Gasteiger charge is 2.15. The van der Waals surface area contributed by atoms with Crippen molar-refractivity contribution in [2.24, 2.45) is 0 Å². The van der Waals surface area contributed by atoms with Crippen molar-refractivity contribution in [2.45, 2.75) is 36.7 Å². The average molecular weight is 288 g/mol. The standard InChI is InChI=1S/C17H20O2S/c1-11-8-9-14(10-12(11)2)20-16-7-5-6-15(19-4)17(16)13(3)18/h5-10,13,18H,1-4H3/t13-/m1/s1. The van der Waals surface area contributed by atoms with E-state index in [1.54, 1.807) is 25.8 Å². The maximum atomic E-state index is 10.00. The molecule has 2 rings (SSSR count). The Morgan fingerprint density at radius 2 is 1.85 bits per heavy atom. The third-order valence-electron chi connectivity index (χ3n) is 3.37. The second-order valence-electron chi connectivity index (χ2n) is 4.90. The van der Waals surface area contributed by atoms with Gasteiger partial charge >= 0.3 is 0 Å². The van der Waals surface area contributed by atoms with Crippen LogP contribution in [0.3, 0.4) is 0 Å². The van der Waals surface area contributed by atoms with Gasteiger partial charge in [-0.05, 0) is 56.2 Å². The minimum Gasteiger partial charge on any atom is -0.496 e. The van der Waals surface area contributed by atoms with E-state index < -0.39 is 6.10 Å². The topological polar surface area (TPSA) is 29.5 Å². The fraction of sp³-hybridized carbons (Fsp3) is 0.294. The fourth-order valence-corrected chi connectivity index (χ4v) is 3.26. The van der Waals surface area contributed by atoms with Crippen LogP contribution in [0.2, 0.25) is 0 Å². The van der Waals surface area contributed by atoms with Gasteiger partial charge in [0.15, 0.2) is 0 Å². The summed E-state index contributed by atoms with van der Waals surface area (Å²) in [5.41, 5.74) is 3.41. The van der Waals surface area contributed by atoms with Crippen molar-refractivity contribution in [3.05, 3.63) is 53.1 Å². The molecule has 106 valence electrons. The summed E-state index contributed by atoms with van der Waals surface area (Å²) in [5, 5.41) is 10.00. The molecule has 0 saturated carbocycles. The molecule has 0 radical (unpaired) electrons. The number of methoxy groups -OCH3 is 1. The van der Waals surface area contributed by atoms with Crippen molar-refractivity contribution >= 4 is 11.8 Å². The quantitative estimate of drug-likeness (QED) is 0.897. The Bertz CT molecular complexity index is 606. The first-order valence-electron chi connectivity index (χ1n) is 6.63. The monoisotopic (exact) mass is 288 g/mol. The lowest BCUT2D eigenvalue weighted by atomic mass is 10.1. The van der Waals surface area contributed by atoms with Gasteiger partial charge in [0.2, 0.25) is 0 Å². The summed E-state index contributed by atoms with van der Waals surface area (Å²) >= 11 is 1.65. The lowest BCUT2D eigenvalue weighted by Crippen LogP contribution is -1.98. The van der Waals surface area contributed by atoms with Gasteiger partial charge in [0.05, 0.1) is 13.2 Å². The van der Waals surface area contributed by atoms with Crippen molar-refractivity contribution in [1.29, 1.82) is 0 Å². The highest BCUT2D eigenvalue weighted by molar-refractivity contribution is 7.99. The molecule has 0 amide bonds. The predicted molar refractivity (Wildman–Crippen MR) is 83.7 cm³/mol. The van der Waals surface area contributed by atoms with Crippen molar-refractivity contribution in [1.82, 2.24) is 0 Å². The van der Waals surface area contributed by atoms with Gasteiger partial charge in [0.25, 0.3) is 0 Å². The molecule has 0 heterocycles. The molecule has 0 unspecified atom stereocenters. The van der Waals surface area contributed by atoms with Crippen LogP contribution in [0.4, 0.5) is 0 Å². The van der Waals surface area contributed by atoms with Crippen LogP contribution in [-0.4, -0.2) is 12.2 Å². The van der Waals surface area contributed by atoms with E-state index >= 15 is 0 Å². The summed E-state index contributed by atoms with van der Waals surface area (Å²) in [6.45, 7) is 5.99. The Morgan fingerprint density at radius 1 is 1.10 bits per heavy atom. The number of aliphatic hydroxyl groups is 1. The molecule has 0 aliphatic carbocycles. The van der Waals surface area contributed by atoms with Gasteiger partial charge in [-0.1, -0.05) is 23.9 Å². The third-order valence-corrected chi connectivity index (χ3v) is 4.44. The Hall–Kier alpha value is -1.45. The van der Waals surface area contributed by atoms with E-state index in [2.05, 4.69) is 32.0 Å². The van der Waals surface area contributed by atoms with Gasteiger partial charge in [0.1, 0.15) is 5.75 Å². The fourth-order valence-electron chi connectivity index (χ4n) is 2.11. The molecule has 20 heavy (non-hydrogen) atoms. The van der Waals surface area contributed by atoms with E-state index in [1.165, 1.54) is 16.0 Å². The number of benzene rings is 2. The smallest absolute Gasteiger partial charge is 0.125 e. The zero-order valence-corrected chi connectivity index (χ0v) is 13.1. The van der Waals surface area contributed by atoms with E-state index in [0.29, 0.717) is 0 Å². The second-order valence-corrected chi connectivity index (χ2v) is 6.01. The van der Waals surface area contributed by atoms with Gasteiger partial charge in [-0.3, -0.25) is 0 Å². The number of aryl methyl sites for hydroxylation is 2. The van der Waals surface area contributed by atoms with Crippen LogP contribution in [0.5, 0.6) is 5.75 Å². The maximum absolute atomic E-state index is 10.00. The normalized spacial score (nSPS) is 12.2. The van der Waals surface area contributed by atoms with Crippen molar-refractivity contribution in [3.8, 4) is 5.75 Å². The summed E-state index contributed by atoms with van der Waals surface area (Å²) < 4.78 is 5.35. The Labute approximate surface area is 124 Å². The van der Waals surface area contributed by atoms with Crippen molar-refractivity contribution in [3.63, 3.8) is 0 Å². The van der Waals surface area contributed by atoms with Gasteiger partial charge in [-0.15, -0.1) is 0 Å². The van der Waals surface area contributed by atoms with Gasteiger partial charge < -0.3 is 9.84 Å². The lowest BCUT2D eigenvalue weighted by molar-refractivity contribution is 0.191. The van der Waals surface area contributed by atoms with Crippen LogP contribution in [0, 0.1) is 13.8 Å². The first-order valence-corrected chi connectivity index (χ1v) is 7.44. The Kier molecular flexibility index (Phi) is 4.73. The summed E-state index contributed by atoms with van der Waals surface area (Å²) in [5.74, 6) is 0.730. The first kappa shape index (κ1) is 14.9. The van der Waals surface area contributed by atoms with Crippen molar-refractivity contribution in [2.75, 3.05) is 7.11 Å². The minimum absolute atomic E-state index is 0.555. The molecule has 1 atom stereocenters. The average Bonchev–Trinajstić information content (AvgIpc) is 2.42. The highest BCUT2D eigenvalue weighted by atomic mass is 32.2. The lowest BCUT2D eigenvalue weighted by Gasteiger charge is -2.16. The van der Waals surface area contributed by atoms with Crippen LogP contribution in [-0.2, 0) is 0 Å². The molecule has 0 fully saturated rings. The molecule has 0 saturated heterocycles. The predicted octanol–water partition coefficient (Wildman–Crippen LogP) is 4.52. The van der Waals surface area contributed by atoms with Crippen LogP contribution in [0.25, 0.3) is 0 Å². The molecule has 0 aromatic heterocycles. The van der Waals surface area contributed by atoms with Crippen LogP contribution in [0.15, 0.2) is 46.2 Å². The number of rotatable bonds is 4. The molecule has 3 heteroatoms. The first-order chi connectivity index (χ1) is 9.52. The maximum Gasteiger partial charge on any atom is 0.125 e. The van der Waals surface area contributed by atoms with Crippen LogP contribution < -0.4 is 4.74 Å². The molecule has 2 aromatic rings. The summed E-state index contributed by atoms with van der Waals surface area (Å²) in [4.78, 5) is 2.20. The Balaban J connectivity index is 2.40. The second kappa shape index (κ2) is 6.33. The third kappa shape index (κ3) is 3.17. The largest absolute Gasteiger partial charge is 0.496 e. The molecule has 2 aromatic carbocycles. The zero-order valence-electron chi connectivity index (χ0n) is 12.3. The van der Waals surface area contributed by atoms with Crippen LogP contribution in [0.1, 0.15) is 29.7 Å². The SMILES string of the molecule is COc1cccc(Sc2ccc(C)c(C)c2)c1[C@@H](C)O.